The highest BCUT2D eigenvalue weighted by Crippen LogP contribution is 2.29. The summed E-state index contributed by atoms with van der Waals surface area (Å²) in [5.74, 6) is 0.570. The lowest BCUT2D eigenvalue weighted by Crippen LogP contribution is -2.26. The van der Waals surface area contributed by atoms with Gasteiger partial charge in [-0.05, 0) is 24.3 Å². The number of cyclic esters (lactones) is 1. The van der Waals surface area contributed by atoms with Crippen LogP contribution < -0.4 is 5.32 Å². The van der Waals surface area contributed by atoms with Crippen molar-refractivity contribution in [3.63, 3.8) is 0 Å². The molecule has 1 aromatic heterocycles. The average molecular weight is 446 g/mol. The second kappa shape index (κ2) is 10.5. The Bertz CT molecular complexity index is 1090. The number of nitrogens with zero attached hydrogens (tertiary/aromatic N) is 2. The van der Waals surface area contributed by atoms with Crippen LogP contribution in [0.15, 0.2) is 60.7 Å². The molecule has 0 spiro atoms. The van der Waals surface area contributed by atoms with Gasteiger partial charge in [0.15, 0.2) is 0 Å². The first-order valence-electron chi connectivity index (χ1n) is 11.7. The number of carbonyl (C=O) groups is 2. The van der Waals surface area contributed by atoms with Gasteiger partial charge in [-0.25, -0.2) is 4.98 Å². The van der Waals surface area contributed by atoms with Gasteiger partial charge in [-0.1, -0.05) is 74.5 Å². The summed E-state index contributed by atoms with van der Waals surface area (Å²) in [6, 6.07) is 19.8. The Morgan fingerprint density at radius 1 is 1.12 bits per heavy atom. The summed E-state index contributed by atoms with van der Waals surface area (Å²) in [5.41, 5.74) is 3.36. The first-order valence-corrected chi connectivity index (χ1v) is 11.7. The smallest absolute Gasteiger partial charge is 0.306 e. The number of ether oxygens (including phenoxy) is 1. The summed E-state index contributed by atoms with van der Waals surface area (Å²) < 4.78 is 7.68. The third-order valence-corrected chi connectivity index (χ3v) is 5.98. The highest BCUT2D eigenvalue weighted by Gasteiger charge is 2.27. The molecule has 6 nitrogen and oxygen atoms in total. The van der Waals surface area contributed by atoms with Crippen LogP contribution >= 0.6 is 0 Å². The molecule has 1 N–H and O–H groups in total. The molecule has 2 aromatic carbocycles. The number of rotatable bonds is 8. The van der Waals surface area contributed by atoms with E-state index in [0.29, 0.717) is 31.6 Å². The number of imidazole rings is 1. The molecule has 1 aliphatic heterocycles. The van der Waals surface area contributed by atoms with E-state index in [9.17, 15) is 9.59 Å². The van der Waals surface area contributed by atoms with Gasteiger partial charge in [0.05, 0.1) is 5.69 Å². The summed E-state index contributed by atoms with van der Waals surface area (Å²) in [4.78, 5) is 29.8. The van der Waals surface area contributed by atoms with Crippen LogP contribution in [0, 0.1) is 0 Å². The first-order chi connectivity index (χ1) is 16.0. The Kier molecular flexibility index (Phi) is 7.23. The molecule has 2 heterocycles. The van der Waals surface area contributed by atoms with Crippen LogP contribution in [-0.4, -0.2) is 27.5 Å². The molecule has 0 aliphatic carbocycles. The van der Waals surface area contributed by atoms with Crippen molar-refractivity contribution in [2.45, 2.75) is 64.6 Å². The molecule has 1 atom stereocenters. The van der Waals surface area contributed by atoms with E-state index in [2.05, 4.69) is 23.7 Å². The summed E-state index contributed by atoms with van der Waals surface area (Å²) in [7, 11) is 0. The second-order valence-corrected chi connectivity index (χ2v) is 8.80. The van der Waals surface area contributed by atoms with Crippen LogP contribution in [0.25, 0.3) is 11.4 Å². The molecule has 1 saturated heterocycles. The maximum atomic E-state index is 13.2. The summed E-state index contributed by atoms with van der Waals surface area (Å²) >= 11 is 0. The van der Waals surface area contributed by atoms with E-state index in [1.807, 2.05) is 60.7 Å². The van der Waals surface area contributed by atoms with E-state index in [1.165, 1.54) is 0 Å². The topological polar surface area (TPSA) is 73.2 Å². The van der Waals surface area contributed by atoms with E-state index in [0.717, 1.165) is 35.5 Å². The van der Waals surface area contributed by atoms with Crippen molar-refractivity contribution in [2.75, 3.05) is 0 Å². The fourth-order valence-electron chi connectivity index (χ4n) is 4.37. The molecule has 1 fully saturated rings. The molecule has 1 unspecified atom stereocenters. The fourth-order valence-corrected chi connectivity index (χ4v) is 4.37. The normalized spacial score (nSPS) is 16.0. The molecule has 0 bridgehead atoms. The zero-order chi connectivity index (χ0) is 23.2. The fraction of sp³-hybridized carbons (Fsp3) is 0.370. The number of hydrogen-bond acceptors (Lipinski definition) is 4. The van der Waals surface area contributed by atoms with Gasteiger partial charge in [0.25, 0.3) is 5.91 Å². The van der Waals surface area contributed by atoms with Gasteiger partial charge in [-0.2, -0.15) is 0 Å². The van der Waals surface area contributed by atoms with Crippen LogP contribution in [0.2, 0.25) is 0 Å². The minimum Gasteiger partial charge on any atom is -0.462 e. The van der Waals surface area contributed by atoms with Gasteiger partial charge in [0.1, 0.15) is 17.6 Å². The lowest BCUT2D eigenvalue weighted by atomic mass is 10.0. The lowest BCUT2D eigenvalue weighted by Gasteiger charge is -2.23. The molecular weight excluding hydrogens is 414 g/mol. The van der Waals surface area contributed by atoms with Gasteiger partial charge in [-0.3, -0.25) is 9.59 Å². The van der Waals surface area contributed by atoms with Gasteiger partial charge in [-0.15, -0.1) is 0 Å². The SMILES string of the molecule is CC(C)c1c(C(=O)NCc2ccccc2)nc(-c2ccccc2)n1CCC1CCCC(=O)O1. The lowest BCUT2D eigenvalue weighted by molar-refractivity contribution is -0.154. The zero-order valence-electron chi connectivity index (χ0n) is 19.3. The van der Waals surface area contributed by atoms with Crippen molar-refractivity contribution in [3.05, 3.63) is 77.6 Å². The zero-order valence-corrected chi connectivity index (χ0v) is 19.3. The number of nitrogens with one attached hydrogen (secondary N) is 1. The largest absolute Gasteiger partial charge is 0.462 e. The standard InChI is InChI=1S/C27H31N3O3/c1-19(2)25-24(27(32)28-18-20-10-5-3-6-11-20)29-26(21-12-7-4-8-13-21)30(25)17-16-22-14-9-15-23(31)33-22/h3-8,10-13,19,22H,9,14-18H2,1-2H3,(H,28,32). The molecule has 1 aliphatic rings. The van der Waals surface area contributed by atoms with Crippen LogP contribution in [0.4, 0.5) is 0 Å². The van der Waals surface area contributed by atoms with Crippen LogP contribution in [0.1, 0.15) is 67.2 Å². The van der Waals surface area contributed by atoms with E-state index in [-0.39, 0.29) is 23.9 Å². The first kappa shape index (κ1) is 22.8. The van der Waals surface area contributed by atoms with Crippen molar-refractivity contribution >= 4 is 11.9 Å². The number of amides is 1. The maximum absolute atomic E-state index is 13.2. The number of carbonyl (C=O) groups excluding carboxylic acids is 2. The molecule has 172 valence electrons. The molecule has 6 heteroatoms. The van der Waals surface area contributed by atoms with Gasteiger partial charge >= 0.3 is 5.97 Å². The monoisotopic (exact) mass is 445 g/mol. The number of esters is 1. The van der Waals surface area contributed by atoms with Crippen LogP contribution in [-0.2, 0) is 22.6 Å². The van der Waals surface area contributed by atoms with Crippen molar-refractivity contribution in [3.8, 4) is 11.4 Å². The van der Waals surface area contributed by atoms with Crippen molar-refractivity contribution in [2.24, 2.45) is 0 Å². The van der Waals surface area contributed by atoms with Gasteiger partial charge < -0.3 is 14.6 Å². The molecule has 33 heavy (non-hydrogen) atoms. The molecule has 4 rings (SSSR count). The minimum atomic E-state index is -0.178. The van der Waals surface area contributed by atoms with E-state index in [4.69, 9.17) is 9.72 Å². The predicted octanol–water partition coefficient (Wildman–Crippen LogP) is 5.09. The maximum Gasteiger partial charge on any atom is 0.306 e. The molecule has 3 aromatic rings. The number of benzene rings is 2. The Labute approximate surface area is 195 Å². The van der Waals surface area contributed by atoms with Crippen molar-refractivity contribution in [1.29, 1.82) is 0 Å². The molecule has 0 saturated carbocycles. The minimum absolute atomic E-state index is 0.0901. The Hall–Kier alpha value is -3.41. The quantitative estimate of drug-likeness (QED) is 0.490. The molecular formula is C27H31N3O3. The Morgan fingerprint density at radius 3 is 2.48 bits per heavy atom. The highest BCUT2D eigenvalue weighted by molar-refractivity contribution is 5.94. The molecule has 1 amide bonds. The van der Waals surface area contributed by atoms with Crippen molar-refractivity contribution < 1.29 is 14.3 Å². The molecule has 0 radical (unpaired) electrons. The second-order valence-electron chi connectivity index (χ2n) is 8.80. The summed E-state index contributed by atoms with van der Waals surface area (Å²) in [5, 5.41) is 3.03. The summed E-state index contributed by atoms with van der Waals surface area (Å²) in [6.45, 7) is 5.24. The summed E-state index contributed by atoms with van der Waals surface area (Å²) in [6.07, 6.45) is 2.85. The van der Waals surface area contributed by atoms with Crippen LogP contribution in [0.3, 0.4) is 0 Å². The number of hydrogen-bond donors (Lipinski definition) is 1. The third-order valence-electron chi connectivity index (χ3n) is 5.98. The predicted molar refractivity (Wildman–Crippen MR) is 128 cm³/mol. The van der Waals surface area contributed by atoms with E-state index in [1.54, 1.807) is 0 Å². The van der Waals surface area contributed by atoms with Gasteiger partial charge in [0, 0.05) is 31.5 Å². The average Bonchev–Trinajstić information content (AvgIpc) is 3.22. The van der Waals surface area contributed by atoms with Gasteiger partial charge in [0.2, 0.25) is 0 Å². The Morgan fingerprint density at radius 2 is 1.82 bits per heavy atom. The Balaban J connectivity index is 1.64. The van der Waals surface area contributed by atoms with E-state index < -0.39 is 0 Å². The highest BCUT2D eigenvalue weighted by atomic mass is 16.5. The van der Waals surface area contributed by atoms with Crippen molar-refractivity contribution in [1.82, 2.24) is 14.9 Å². The van der Waals surface area contributed by atoms with E-state index >= 15 is 0 Å². The number of aromatic nitrogens is 2. The van der Waals surface area contributed by atoms with Crippen LogP contribution in [0.5, 0.6) is 0 Å². The third kappa shape index (κ3) is 5.51.